The van der Waals surface area contributed by atoms with Gasteiger partial charge in [0.05, 0.1) is 24.0 Å². The number of halogens is 3. The molecule has 1 aromatic heterocycles. The molecule has 4 heterocycles. The average molecular weight is 639 g/mol. The fourth-order valence-corrected chi connectivity index (χ4v) is 7.26. The van der Waals surface area contributed by atoms with Crippen molar-refractivity contribution in [1.29, 1.82) is 0 Å². The number of likely N-dealkylation sites (tertiary alicyclic amines) is 2. The first-order valence-corrected chi connectivity index (χ1v) is 17.0. The van der Waals surface area contributed by atoms with E-state index in [9.17, 15) is 26.4 Å². The zero-order valence-electron chi connectivity index (χ0n) is 25.4. The number of hydrogen-bond donors (Lipinski definition) is 1. The van der Waals surface area contributed by atoms with Gasteiger partial charge < -0.3 is 19.9 Å². The SMILES string of the molecule is Cc1c(NCC2CC[C@H](c3ccc(C(F)(F)F)cc3)O2)ncnc1C(=O)N1CCC(N2CCC(N(C)S(C)(=O)=O)CC2)CC1. The molecule has 10 nitrogen and oxygen atoms in total. The molecule has 0 aliphatic carbocycles. The van der Waals surface area contributed by atoms with Crippen LogP contribution in [0.1, 0.15) is 71.8 Å². The van der Waals surface area contributed by atoms with Crippen molar-refractivity contribution in [2.24, 2.45) is 0 Å². The van der Waals surface area contributed by atoms with Crippen molar-refractivity contribution in [1.82, 2.24) is 24.1 Å². The first-order chi connectivity index (χ1) is 20.8. The van der Waals surface area contributed by atoms with Gasteiger partial charge in [-0.1, -0.05) is 12.1 Å². The molecule has 2 aromatic rings. The zero-order chi connectivity index (χ0) is 31.6. The number of aromatic nitrogens is 2. The van der Waals surface area contributed by atoms with Crippen molar-refractivity contribution >= 4 is 21.7 Å². The number of carbonyl (C=O) groups excluding carboxylic acids is 1. The van der Waals surface area contributed by atoms with E-state index < -0.39 is 21.8 Å². The molecule has 0 bridgehead atoms. The smallest absolute Gasteiger partial charge is 0.368 e. The maximum absolute atomic E-state index is 13.5. The molecule has 3 saturated heterocycles. The second kappa shape index (κ2) is 13.3. The maximum Gasteiger partial charge on any atom is 0.416 e. The highest BCUT2D eigenvalue weighted by Crippen LogP contribution is 2.35. The van der Waals surface area contributed by atoms with Crippen molar-refractivity contribution in [3.05, 3.63) is 53.0 Å². The molecule has 3 aliphatic rings. The second-order valence-electron chi connectivity index (χ2n) is 12.1. The fraction of sp³-hybridized carbons (Fsp3) is 0.633. The van der Waals surface area contributed by atoms with Gasteiger partial charge in [0.1, 0.15) is 17.8 Å². The number of nitrogens with one attached hydrogen (secondary N) is 1. The summed E-state index contributed by atoms with van der Waals surface area (Å²) in [5.41, 5.74) is 1.07. The minimum atomic E-state index is -4.37. The van der Waals surface area contributed by atoms with Crippen LogP contribution in [0, 0.1) is 6.92 Å². The van der Waals surface area contributed by atoms with E-state index in [1.807, 2.05) is 11.8 Å². The molecule has 5 rings (SSSR count). The van der Waals surface area contributed by atoms with Crippen molar-refractivity contribution in [3.8, 4) is 0 Å². The quantitative estimate of drug-likeness (QED) is 0.461. The number of benzene rings is 1. The van der Waals surface area contributed by atoms with E-state index in [0.717, 1.165) is 62.9 Å². The van der Waals surface area contributed by atoms with Gasteiger partial charge in [0.2, 0.25) is 10.0 Å². The predicted octanol–water partition coefficient (Wildman–Crippen LogP) is 4.10. The summed E-state index contributed by atoms with van der Waals surface area (Å²) >= 11 is 0. The topological polar surface area (TPSA) is 108 Å². The van der Waals surface area contributed by atoms with Gasteiger partial charge in [-0.15, -0.1) is 0 Å². The number of hydrogen-bond acceptors (Lipinski definition) is 8. The minimum Gasteiger partial charge on any atom is -0.368 e. The largest absolute Gasteiger partial charge is 0.416 e. The Bertz CT molecular complexity index is 1410. The summed E-state index contributed by atoms with van der Waals surface area (Å²) in [5.74, 6) is 0.432. The van der Waals surface area contributed by atoms with Gasteiger partial charge in [-0.3, -0.25) is 4.79 Å². The van der Waals surface area contributed by atoms with Crippen LogP contribution >= 0.6 is 0 Å². The van der Waals surface area contributed by atoms with E-state index in [1.54, 1.807) is 7.05 Å². The molecule has 14 heteroatoms. The summed E-state index contributed by atoms with van der Waals surface area (Å²) in [6.45, 7) is 5.21. The number of rotatable bonds is 8. The lowest BCUT2D eigenvalue weighted by molar-refractivity contribution is -0.137. The van der Waals surface area contributed by atoms with Gasteiger partial charge in [0, 0.05) is 44.3 Å². The zero-order valence-corrected chi connectivity index (χ0v) is 26.2. The van der Waals surface area contributed by atoms with E-state index in [4.69, 9.17) is 4.74 Å². The third kappa shape index (κ3) is 7.52. The summed E-state index contributed by atoms with van der Waals surface area (Å²) in [7, 11) is -1.55. The highest BCUT2D eigenvalue weighted by Gasteiger charge is 2.34. The number of piperidine rings is 2. The molecule has 1 amide bonds. The molecule has 1 unspecified atom stereocenters. The van der Waals surface area contributed by atoms with Gasteiger partial charge in [-0.2, -0.15) is 13.2 Å². The van der Waals surface area contributed by atoms with Crippen LogP contribution in [0.15, 0.2) is 30.6 Å². The Kier molecular flexibility index (Phi) is 9.83. The van der Waals surface area contributed by atoms with Crippen molar-refractivity contribution in [3.63, 3.8) is 0 Å². The molecule has 44 heavy (non-hydrogen) atoms. The van der Waals surface area contributed by atoms with E-state index >= 15 is 0 Å². The summed E-state index contributed by atoms with van der Waals surface area (Å²) in [6, 6.07) is 5.52. The van der Waals surface area contributed by atoms with E-state index in [-0.39, 0.29) is 24.2 Å². The number of alkyl halides is 3. The molecule has 1 aromatic carbocycles. The summed E-state index contributed by atoms with van der Waals surface area (Å²) in [5, 5.41) is 3.28. The monoisotopic (exact) mass is 638 g/mol. The first kappa shape index (κ1) is 32.6. The molecule has 0 radical (unpaired) electrons. The third-order valence-electron chi connectivity index (χ3n) is 9.31. The minimum absolute atomic E-state index is 0.0344. The molecule has 0 spiro atoms. The Balaban J connectivity index is 1.10. The Morgan fingerprint density at radius 2 is 1.68 bits per heavy atom. The van der Waals surface area contributed by atoms with Crippen LogP contribution in [0.3, 0.4) is 0 Å². The highest BCUT2D eigenvalue weighted by atomic mass is 32.2. The van der Waals surface area contributed by atoms with Crippen LogP contribution in [-0.2, 0) is 20.9 Å². The van der Waals surface area contributed by atoms with Gasteiger partial charge in [-0.05, 0) is 76.2 Å². The molecule has 242 valence electrons. The molecule has 3 aliphatic heterocycles. The number of ether oxygens (including phenoxy) is 1. The Morgan fingerprint density at radius 3 is 2.30 bits per heavy atom. The predicted molar refractivity (Wildman–Crippen MR) is 160 cm³/mol. The summed E-state index contributed by atoms with van der Waals surface area (Å²) in [6.07, 6.45) is 2.62. The maximum atomic E-state index is 13.5. The average Bonchev–Trinajstić information content (AvgIpc) is 3.48. The molecule has 1 N–H and O–H groups in total. The normalized spacial score (nSPS) is 22.9. The van der Waals surface area contributed by atoms with Gasteiger partial charge in [-0.25, -0.2) is 22.7 Å². The van der Waals surface area contributed by atoms with Crippen LogP contribution in [-0.4, -0.2) is 103 Å². The number of sulfonamides is 1. The van der Waals surface area contributed by atoms with E-state index in [2.05, 4.69) is 20.2 Å². The molecule has 0 saturated carbocycles. The van der Waals surface area contributed by atoms with Gasteiger partial charge >= 0.3 is 6.18 Å². The number of nitrogens with zero attached hydrogens (tertiary/aromatic N) is 5. The lowest BCUT2D eigenvalue weighted by atomic mass is 9.97. The Morgan fingerprint density at radius 1 is 1.02 bits per heavy atom. The summed E-state index contributed by atoms with van der Waals surface area (Å²) in [4.78, 5) is 26.4. The van der Waals surface area contributed by atoms with Crippen LogP contribution < -0.4 is 5.32 Å². The molecule has 2 atom stereocenters. The van der Waals surface area contributed by atoms with Gasteiger partial charge in [0.15, 0.2) is 0 Å². The van der Waals surface area contributed by atoms with Crippen molar-refractivity contribution < 1.29 is 31.1 Å². The van der Waals surface area contributed by atoms with Crippen molar-refractivity contribution in [2.75, 3.05) is 51.3 Å². The highest BCUT2D eigenvalue weighted by molar-refractivity contribution is 7.88. The number of carbonyl (C=O) groups is 1. The molecular weight excluding hydrogens is 597 g/mol. The number of anilines is 1. The molecule has 3 fully saturated rings. The van der Waals surface area contributed by atoms with E-state index in [0.29, 0.717) is 49.2 Å². The summed E-state index contributed by atoms with van der Waals surface area (Å²) < 4.78 is 70.1. The second-order valence-corrected chi connectivity index (χ2v) is 14.1. The third-order valence-corrected chi connectivity index (χ3v) is 10.7. The lowest BCUT2D eigenvalue weighted by Gasteiger charge is -2.43. The first-order valence-electron chi connectivity index (χ1n) is 15.2. The Labute approximate surface area is 257 Å². The van der Waals surface area contributed by atoms with Gasteiger partial charge in [0.25, 0.3) is 5.91 Å². The Hall–Kier alpha value is -2.81. The van der Waals surface area contributed by atoms with Crippen LogP contribution in [0.25, 0.3) is 0 Å². The lowest BCUT2D eigenvalue weighted by Crippen LogP contribution is -2.52. The van der Waals surface area contributed by atoms with E-state index in [1.165, 1.54) is 29.0 Å². The standard InChI is InChI=1S/C30H41F3N6O4S/c1-20-27(29(40)39-16-12-24(13-17-39)38-14-10-23(11-15-38)37(2)44(3,41)42)35-19-36-28(20)34-18-25-8-9-26(43-25)21-4-6-22(7-5-21)30(31,32)33/h4-7,19,23-26H,8-18H2,1-3H3,(H,34,35,36)/t25?,26-/m1/s1. The van der Waals surface area contributed by atoms with Crippen LogP contribution in [0.5, 0.6) is 0 Å². The van der Waals surface area contributed by atoms with Crippen LogP contribution in [0.4, 0.5) is 19.0 Å². The van der Waals surface area contributed by atoms with Crippen molar-refractivity contribution in [2.45, 2.75) is 75.9 Å². The molecular formula is C30H41F3N6O4S. The number of amides is 1. The fourth-order valence-electron chi connectivity index (χ4n) is 6.51. The van der Waals surface area contributed by atoms with Crippen LogP contribution in [0.2, 0.25) is 0 Å².